The van der Waals surface area contributed by atoms with Gasteiger partial charge in [0.15, 0.2) is 0 Å². The molecular formula is C10H16O12. The first-order chi connectivity index (χ1) is 9.07. The topological polar surface area (TPSA) is 246 Å². The number of aliphatic carboxylic acids is 4. The number of carboxylic acid groups (broad SMARTS) is 4. The Morgan fingerprint density at radius 2 is 0.727 bits per heavy atom. The molecule has 0 spiro atoms. The summed E-state index contributed by atoms with van der Waals surface area (Å²) in [5.74, 6) is -7.64. The van der Waals surface area contributed by atoms with Crippen LogP contribution in [0.15, 0.2) is 0 Å². The largest absolute Gasteiger partial charge is 0.481 e. The van der Waals surface area contributed by atoms with Crippen molar-refractivity contribution in [2.24, 2.45) is 0 Å². The summed E-state index contributed by atoms with van der Waals surface area (Å²) in [4.78, 5) is 59.5. The maximum atomic E-state index is 10.2. The van der Waals surface area contributed by atoms with Gasteiger partial charge in [0.05, 0.1) is 12.8 Å². The standard InChI is InChI=1S/2C5H6O5.2H2O/c2*6-3(5(9)10)1-2-4(7)8;;/h2*1-2H2,(H,7,8)(H,9,10);2*1H2. The summed E-state index contributed by atoms with van der Waals surface area (Å²) < 4.78 is 0. The molecule has 0 atom stereocenters. The van der Waals surface area contributed by atoms with Crippen LogP contribution >= 0.6 is 0 Å². The molecule has 0 aromatic rings. The molecule has 0 bridgehead atoms. The van der Waals surface area contributed by atoms with Gasteiger partial charge in [0, 0.05) is 12.8 Å². The minimum Gasteiger partial charge on any atom is -0.481 e. The number of hydrogen-bond donors (Lipinski definition) is 4. The van der Waals surface area contributed by atoms with Crippen molar-refractivity contribution in [3.05, 3.63) is 0 Å². The lowest BCUT2D eigenvalue weighted by Crippen LogP contribution is -2.13. The van der Waals surface area contributed by atoms with Gasteiger partial charge in [0.25, 0.3) is 0 Å². The van der Waals surface area contributed by atoms with E-state index in [9.17, 15) is 28.8 Å². The molecule has 0 saturated heterocycles. The van der Waals surface area contributed by atoms with Gasteiger partial charge in [-0.1, -0.05) is 0 Å². The molecule has 0 aliphatic rings. The van der Waals surface area contributed by atoms with E-state index in [1.807, 2.05) is 0 Å². The van der Waals surface area contributed by atoms with Crippen LogP contribution in [0.3, 0.4) is 0 Å². The van der Waals surface area contributed by atoms with Gasteiger partial charge in [0.1, 0.15) is 0 Å². The lowest BCUT2D eigenvalue weighted by atomic mass is 10.2. The molecule has 0 saturated carbocycles. The summed E-state index contributed by atoms with van der Waals surface area (Å²) in [7, 11) is 0. The molecule has 22 heavy (non-hydrogen) atoms. The van der Waals surface area contributed by atoms with E-state index in [4.69, 9.17) is 20.4 Å². The van der Waals surface area contributed by atoms with E-state index in [-0.39, 0.29) is 11.0 Å². The van der Waals surface area contributed by atoms with Crippen LogP contribution in [0.25, 0.3) is 0 Å². The quantitative estimate of drug-likeness (QED) is 0.337. The SMILES string of the molecule is O.O.O=C(O)CCC(=O)C(=O)O.O=C(O)CCC(=O)C(=O)O. The first kappa shape index (κ1) is 27.5. The third kappa shape index (κ3) is 19.5. The first-order valence-electron chi connectivity index (χ1n) is 5.03. The zero-order valence-corrected chi connectivity index (χ0v) is 11.1. The monoisotopic (exact) mass is 328 g/mol. The van der Waals surface area contributed by atoms with E-state index < -0.39 is 61.1 Å². The molecule has 0 radical (unpaired) electrons. The van der Waals surface area contributed by atoms with E-state index in [2.05, 4.69) is 0 Å². The zero-order valence-electron chi connectivity index (χ0n) is 11.1. The summed E-state index contributed by atoms with van der Waals surface area (Å²) in [6.45, 7) is 0. The zero-order chi connectivity index (χ0) is 16.3. The predicted molar refractivity (Wildman–Crippen MR) is 66.3 cm³/mol. The number of ketones is 2. The second kappa shape index (κ2) is 14.5. The number of rotatable bonds is 8. The van der Waals surface area contributed by atoms with Gasteiger partial charge in [-0.2, -0.15) is 0 Å². The maximum Gasteiger partial charge on any atom is 0.372 e. The lowest BCUT2D eigenvalue weighted by Gasteiger charge is -1.88. The number of carboxylic acids is 4. The van der Waals surface area contributed by atoms with Crippen molar-refractivity contribution in [2.75, 3.05) is 0 Å². The van der Waals surface area contributed by atoms with E-state index >= 15 is 0 Å². The third-order valence-electron chi connectivity index (χ3n) is 1.61. The van der Waals surface area contributed by atoms with Gasteiger partial charge >= 0.3 is 23.9 Å². The van der Waals surface area contributed by atoms with Crippen LogP contribution in [-0.2, 0) is 28.8 Å². The second-order valence-corrected chi connectivity index (χ2v) is 3.24. The molecule has 0 aliphatic carbocycles. The predicted octanol–water partition coefficient (Wildman–Crippen LogP) is -2.64. The van der Waals surface area contributed by atoms with Crippen LogP contribution in [0.2, 0.25) is 0 Å². The molecule has 0 amide bonds. The Morgan fingerprint density at radius 1 is 0.500 bits per heavy atom. The van der Waals surface area contributed by atoms with Crippen LogP contribution in [0.1, 0.15) is 25.7 Å². The summed E-state index contributed by atoms with van der Waals surface area (Å²) in [5.41, 5.74) is 0. The first-order valence-corrected chi connectivity index (χ1v) is 5.03. The summed E-state index contributed by atoms with van der Waals surface area (Å²) in [5, 5.41) is 31.9. The molecule has 12 heteroatoms. The molecule has 128 valence electrons. The molecule has 12 nitrogen and oxygen atoms in total. The van der Waals surface area contributed by atoms with Crippen molar-refractivity contribution in [3.63, 3.8) is 0 Å². The van der Waals surface area contributed by atoms with Gasteiger partial charge in [-0.15, -0.1) is 0 Å². The van der Waals surface area contributed by atoms with Crippen LogP contribution in [-0.4, -0.2) is 66.8 Å². The van der Waals surface area contributed by atoms with Crippen LogP contribution in [0.5, 0.6) is 0 Å². The highest BCUT2D eigenvalue weighted by molar-refractivity contribution is 6.33. The Labute approximate surface area is 122 Å². The highest BCUT2D eigenvalue weighted by atomic mass is 16.4. The van der Waals surface area contributed by atoms with Crippen molar-refractivity contribution >= 4 is 35.4 Å². The molecule has 0 fully saturated rings. The molecule has 0 heterocycles. The second-order valence-electron chi connectivity index (χ2n) is 3.24. The van der Waals surface area contributed by atoms with E-state index in [0.29, 0.717) is 0 Å². The summed E-state index contributed by atoms with van der Waals surface area (Å²) in [6, 6.07) is 0. The third-order valence-corrected chi connectivity index (χ3v) is 1.61. The molecular weight excluding hydrogens is 312 g/mol. The van der Waals surface area contributed by atoms with E-state index in [0.717, 1.165) is 0 Å². The van der Waals surface area contributed by atoms with Gasteiger partial charge < -0.3 is 31.4 Å². The van der Waals surface area contributed by atoms with Crippen LogP contribution < -0.4 is 0 Å². The highest BCUT2D eigenvalue weighted by Crippen LogP contribution is 1.90. The van der Waals surface area contributed by atoms with Gasteiger partial charge in [-0.25, -0.2) is 9.59 Å². The molecule has 0 rings (SSSR count). The fourth-order valence-electron chi connectivity index (χ4n) is 0.655. The van der Waals surface area contributed by atoms with Gasteiger partial charge in [0.2, 0.25) is 11.6 Å². The van der Waals surface area contributed by atoms with Crippen molar-refractivity contribution in [3.8, 4) is 0 Å². The highest BCUT2D eigenvalue weighted by Gasteiger charge is 2.12. The maximum absolute atomic E-state index is 10.2. The summed E-state index contributed by atoms with van der Waals surface area (Å²) >= 11 is 0. The van der Waals surface area contributed by atoms with Gasteiger partial charge in [-0.3, -0.25) is 19.2 Å². The van der Waals surface area contributed by atoms with Crippen LogP contribution in [0, 0.1) is 0 Å². The van der Waals surface area contributed by atoms with Crippen LogP contribution in [0.4, 0.5) is 0 Å². The number of hydrogen-bond acceptors (Lipinski definition) is 6. The molecule has 0 aromatic carbocycles. The Bertz CT molecular complexity index is 384. The molecule has 0 aromatic heterocycles. The van der Waals surface area contributed by atoms with E-state index in [1.54, 1.807) is 0 Å². The fraction of sp³-hybridized carbons (Fsp3) is 0.400. The smallest absolute Gasteiger partial charge is 0.372 e. The average Bonchev–Trinajstić information content (AvgIpc) is 2.33. The summed E-state index contributed by atoms with van der Waals surface area (Å²) in [6.07, 6.45) is -1.73. The average molecular weight is 328 g/mol. The van der Waals surface area contributed by atoms with Gasteiger partial charge in [-0.05, 0) is 0 Å². The number of carbonyl (C=O) groups is 6. The molecule has 8 N–H and O–H groups in total. The van der Waals surface area contributed by atoms with Crippen molar-refractivity contribution < 1.29 is 60.1 Å². The Hall–Kier alpha value is -2.86. The Balaban J connectivity index is -0.000000135. The van der Waals surface area contributed by atoms with Crippen molar-refractivity contribution in [2.45, 2.75) is 25.7 Å². The Kier molecular flexibility index (Phi) is 18.2. The lowest BCUT2D eigenvalue weighted by molar-refractivity contribution is -0.150. The fourth-order valence-corrected chi connectivity index (χ4v) is 0.655. The minimum absolute atomic E-state index is 0. The van der Waals surface area contributed by atoms with Crippen molar-refractivity contribution in [1.82, 2.24) is 0 Å². The Morgan fingerprint density at radius 3 is 0.864 bits per heavy atom. The normalized spacial score (nSPS) is 8.00. The molecule has 0 aliphatic heterocycles. The number of carbonyl (C=O) groups excluding carboxylic acids is 2. The van der Waals surface area contributed by atoms with E-state index in [1.165, 1.54) is 0 Å². The minimum atomic E-state index is -1.58. The van der Waals surface area contributed by atoms with Crippen molar-refractivity contribution in [1.29, 1.82) is 0 Å². The number of Topliss-reactive ketones (excluding diaryl/α,β-unsaturated/α-hetero) is 2. The molecule has 0 unspecified atom stereocenters.